The molecule has 0 unspecified atom stereocenters. The van der Waals surface area contributed by atoms with Crippen molar-refractivity contribution >= 4 is 50.6 Å². The molecule has 2 aromatic carbocycles. The largest absolute Gasteiger partial charge is 0.421 e. The normalized spacial score (nSPS) is 13.4. The summed E-state index contributed by atoms with van der Waals surface area (Å²) < 4.78 is 23.0. The van der Waals surface area contributed by atoms with Gasteiger partial charge in [0.2, 0.25) is 0 Å². The van der Waals surface area contributed by atoms with Crippen molar-refractivity contribution in [1.29, 1.82) is 0 Å². The zero-order valence-electron chi connectivity index (χ0n) is 19.0. The van der Waals surface area contributed by atoms with Crippen molar-refractivity contribution in [3.8, 4) is 11.1 Å². The van der Waals surface area contributed by atoms with Gasteiger partial charge in [0.15, 0.2) is 5.58 Å². The summed E-state index contributed by atoms with van der Waals surface area (Å²) in [7, 11) is 0. The highest BCUT2D eigenvalue weighted by molar-refractivity contribution is 14.1. The first kappa shape index (κ1) is 22.6. The smallest absolute Gasteiger partial charge is 0.341 e. The Kier molecular flexibility index (Phi) is 5.50. The van der Waals surface area contributed by atoms with Gasteiger partial charge < -0.3 is 20.0 Å². The average molecular weight is 571 g/mol. The van der Waals surface area contributed by atoms with Gasteiger partial charge in [-0.05, 0) is 91.6 Å². The highest BCUT2D eigenvalue weighted by atomic mass is 127. The fraction of sp³-hybridized carbons (Fsp3) is 0.231. The van der Waals surface area contributed by atoms with Crippen LogP contribution in [0, 0.1) is 30.2 Å². The van der Waals surface area contributed by atoms with Gasteiger partial charge >= 0.3 is 5.63 Å². The maximum absolute atomic E-state index is 14.7. The van der Waals surface area contributed by atoms with E-state index in [0.717, 1.165) is 27.5 Å². The number of halogens is 2. The van der Waals surface area contributed by atoms with Crippen LogP contribution in [0.3, 0.4) is 0 Å². The van der Waals surface area contributed by atoms with Crippen LogP contribution in [0.1, 0.15) is 35.7 Å². The van der Waals surface area contributed by atoms with Crippen molar-refractivity contribution in [3.05, 3.63) is 83.4 Å². The number of nitrogen functional groups attached to an aromatic ring is 1. The van der Waals surface area contributed by atoms with Crippen LogP contribution in [0.25, 0.3) is 22.1 Å². The lowest BCUT2D eigenvalue weighted by Gasteiger charge is -2.20. The molecule has 1 aliphatic rings. The molecule has 0 bridgehead atoms. The summed E-state index contributed by atoms with van der Waals surface area (Å²) in [5, 5.41) is 3.25. The molecule has 174 valence electrons. The molecule has 8 heteroatoms. The van der Waals surface area contributed by atoms with E-state index in [1.54, 1.807) is 29.7 Å². The van der Waals surface area contributed by atoms with Gasteiger partial charge in [-0.3, -0.25) is 4.79 Å². The molecule has 0 aliphatic heterocycles. The molecule has 2 aromatic heterocycles. The molecule has 5 rings (SSSR count). The number of nitrogens with two attached hydrogens (primary N) is 1. The van der Waals surface area contributed by atoms with Crippen molar-refractivity contribution < 1.29 is 8.81 Å². The van der Waals surface area contributed by atoms with Crippen molar-refractivity contribution in [2.45, 2.75) is 39.7 Å². The topological polar surface area (TPSA) is 90.3 Å². The van der Waals surface area contributed by atoms with Crippen LogP contribution in [-0.2, 0) is 0 Å². The third kappa shape index (κ3) is 3.60. The Morgan fingerprint density at radius 3 is 2.53 bits per heavy atom. The maximum atomic E-state index is 14.7. The quantitative estimate of drug-likeness (QED) is 0.234. The standard InChI is InChI=1S/C26H23FIN3O3/c1-12-17(5-4-6-19(12)29)21-14(3)31(16-8-9-16)25(32)22-23(13(2)26(33)34-24(21)22)30-20-10-7-15(28)11-18(20)27/h4-7,10-11,16,30H,8-9,29H2,1-3H3. The van der Waals surface area contributed by atoms with Crippen molar-refractivity contribution in [3.63, 3.8) is 0 Å². The predicted octanol–water partition coefficient (Wildman–Crippen LogP) is 5.95. The summed E-state index contributed by atoms with van der Waals surface area (Å²) in [6.45, 7) is 5.34. The maximum Gasteiger partial charge on any atom is 0.341 e. The van der Waals surface area contributed by atoms with Gasteiger partial charge in [-0.25, -0.2) is 9.18 Å². The molecule has 0 amide bonds. The molecule has 1 saturated carbocycles. The van der Waals surface area contributed by atoms with Crippen molar-refractivity contribution in [2.24, 2.45) is 0 Å². The average Bonchev–Trinajstić information content (AvgIpc) is 3.61. The second-order valence-corrected chi connectivity index (χ2v) is 9.97. The number of hydrogen-bond donors (Lipinski definition) is 2. The van der Waals surface area contributed by atoms with Gasteiger partial charge in [-0.2, -0.15) is 0 Å². The van der Waals surface area contributed by atoms with Crippen LogP contribution in [-0.4, -0.2) is 4.57 Å². The number of anilines is 3. The monoisotopic (exact) mass is 571 g/mol. The van der Waals surface area contributed by atoms with E-state index in [4.69, 9.17) is 10.2 Å². The lowest BCUT2D eigenvalue weighted by Crippen LogP contribution is -2.25. The lowest BCUT2D eigenvalue weighted by atomic mass is 9.95. The summed E-state index contributed by atoms with van der Waals surface area (Å²) in [6, 6.07) is 10.4. The van der Waals surface area contributed by atoms with Crippen LogP contribution in [0.15, 0.2) is 50.4 Å². The van der Waals surface area contributed by atoms with E-state index in [-0.39, 0.29) is 39.5 Å². The number of aromatic nitrogens is 1. The number of nitrogens with one attached hydrogen (secondary N) is 1. The Balaban J connectivity index is 1.92. The summed E-state index contributed by atoms with van der Waals surface area (Å²) >= 11 is 2.03. The van der Waals surface area contributed by atoms with Crippen LogP contribution in [0.2, 0.25) is 0 Å². The lowest BCUT2D eigenvalue weighted by molar-refractivity contribution is 0.552. The molecule has 0 radical (unpaired) electrons. The Bertz CT molecular complexity index is 1600. The SMILES string of the molecule is Cc1c(N)cccc1-c1c(C)n(C2CC2)c(=O)c2c(Nc3ccc(I)cc3F)c(C)c(=O)oc12. The number of fused-ring (bicyclic) bond motifs is 1. The van der Waals surface area contributed by atoms with Gasteiger partial charge in [0.1, 0.15) is 11.2 Å². The molecule has 3 N–H and O–H groups in total. The van der Waals surface area contributed by atoms with E-state index in [1.807, 2.05) is 48.6 Å². The molecule has 1 aliphatic carbocycles. The molecule has 0 atom stereocenters. The second-order valence-electron chi connectivity index (χ2n) is 8.73. The van der Waals surface area contributed by atoms with E-state index < -0.39 is 11.4 Å². The fourth-order valence-corrected chi connectivity index (χ4v) is 4.91. The zero-order chi connectivity index (χ0) is 24.3. The first-order valence-electron chi connectivity index (χ1n) is 11.0. The summed E-state index contributed by atoms with van der Waals surface area (Å²) in [5.41, 5.74) is 9.74. The predicted molar refractivity (Wildman–Crippen MR) is 141 cm³/mol. The van der Waals surface area contributed by atoms with E-state index in [9.17, 15) is 14.0 Å². The van der Waals surface area contributed by atoms with Gasteiger partial charge in [0, 0.05) is 26.6 Å². The number of pyridine rings is 1. The molecule has 6 nitrogen and oxygen atoms in total. The molecule has 1 fully saturated rings. The highest BCUT2D eigenvalue weighted by Crippen LogP contribution is 2.42. The van der Waals surface area contributed by atoms with Crippen LogP contribution in [0.5, 0.6) is 0 Å². The Hall–Kier alpha value is -3.14. The molecular weight excluding hydrogens is 548 g/mol. The molecule has 0 saturated heterocycles. The minimum absolute atomic E-state index is 0.0761. The summed E-state index contributed by atoms with van der Waals surface area (Å²) in [6.07, 6.45) is 1.79. The third-order valence-corrected chi connectivity index (χ3v) is 7.15. The van der Waals surface area contributed by atoms with E-state index in [2.05, 4.69) is 5.32 Å². The molecule has 2 heterocycles. The summed E-state index contributed by atoms with van der Waals surface area (Å²) in [4.78, 5) is 26.8. The number of nitrogens with zero attached hydrogens (tertiary/aromatic N) is 1. The Morgan fingerprint density at radius 1 is 1.12 bits per heavy atom. The van der Waals surface area contributed by atoms with Gasteiger partial charge in [0.25, 0.3) is 5.56 Å². The van der Waals surface area contributed by atoms with E-state index in [0.29, 0.717) is 16.9 Å². The zero-order valence-corrected chi connectivity index (χ0v) is 21.1. The molecular formula is C26H23FIN3O3. The second kappa shape index (κ2) is 8.26. The molecule has 4 aromatic rings. The van der Waals surface area contributed by atoms with Crippen LogP contribution < -0.4 is 22.2 Å². The fourth-order valence-electron chi connectivity index (χ4n) is 4.46. The van der Waals surface area contributed by atoms with Crippen LogP contribution >= 0.6 is 22.6 Å². The number of rotatable bonds is 4. The highest BCUT2D eigenvalue weighted by Gasteiger charge is 2.31. The molecule has 34 heavy (non-hydrogen) atoms. The number of hydrogen-bond acceptors (Lipinski definition) is 5. The van der Waals surface area contributed by atoms with Gasteiger partial charge in [-0.15, -0.1) is 0 Å². The number of benzene rings is 2. The minimum atomic E-state index is -0.591. The first-order chi connectivity index (χ1) is 16.2. The molecule has 0 spiro atoms. The van der Waals surface area contributed by atoms with Gasteiger partial charge in [0.05, 0.1) is 16.9 Å². The minimum Gasteiger partial charge on any atom is -0.421 e. The van der Waals surface area contributed by atoms with Crippen molar-refractivity contribution in [2.75, 3.05) is 11.1 Å². The van der Waals surface area contributed by atoms with Crippen LogP contribution in [0.4, 0.5) is 21.5 Å². The van der Waals surface area contributed by atoms with E-state index in [1.165, 1.54) is 6.07 Å². The first-order valence-corrected chi connectivity index (χ1v) is 12.1. The van der Waals surface area contributed by atoms with E-state index >= 15 is 0 Å². The third-order valence-electron chi connectivity index (χ3n) is 6.48. The van der Waals surface area contributed by atoms with Gasteiger partial charge in [-0.1, -0.05) is 12.1 Å². The Morgan fingerprint density at radius 2 is 1.85 bits per heavy atom. The summed E-state index contributed by atoms with van der Waals surface area (Å²) in [5.74, 6) is -0.478. The Labute approximate surface area is 208 Å². The van der Waals surface area contributed by atoms with Crippen molar-refractivity contribution in [1.82, 2.24) is 4.57 Å².